The summed E-state index contributed by atoms with van der Waals surface area (Å²) in [6.07, 6.45) is 0. The van der Waals surface area contributed by atoms with E-state index in [0.29, 0.717) is 11.3 Å². The molecule has 2 aromatic rings. The largest absolute Gasteiger partial charge is 0.507 e. The monoisotopic (exact) mass is 258 g/mol. The summed E-state index contributed by atoms with van der Waals surface area (Å²) in [6, 6.07) is 13.5. The van der Waals surface area contributed by atoms with Crippen molar-refractivity contribution in [1.29, 1.82) is 0 Å². The predicted molar refractivity (Wildman–Crippen MR) is 75.9 cm³/mol. The number of hydrogen-bond donors (Lipinski definition) is 1. The van der Waals surface area contributed by atoms with Crippen LogP contribution in [0.1, 0.15) is 29.8 Å². The van der Waals surface area contributed by atoms with Crippen molar-refractivity contribution in [3.05, 3.63) is 59.7 Å². The smallest absolute Gasteiger partial charge is 0.196 e. The van der Waals surface area contributed by atoms with Gasteiger partial charge in [-0.25, -0.2) is 0 Å². The van der Waals surface area contributed by atoms with Crippen molar-refractivity contribution >= 4 is 5.78 Å². The molecule has 3 nitrogen and oxygen atoms in total. The molecule has 0 saturated carbocycles. The fourth-order valence-electron chi connectivity index (χ4n) is 1.58. The number of ketones is 1. The molecular formula is C16H18O3. The molecule has 2 rings (SSSR count). The Morgan fingerprint density at radius 3 is 2.21 bits per heavy atom. The van der Waals surface area contributed by atoms with Gasteiger partial charge in [0.05, 0.1) is 12.7 Å². The highest BCUT2D eigenvalue weighted by molar-refractivity contribution is 6.10. The van der Waals surface area contributed by atoms with E-state index in [1.165, 1.54) is 13.2 Å². The minimum Gasteiger partial charge on any atom is -0.507 e. The van der Waals surface area contributed by atoms with E-state index in [-0.39, 0.29) is 17.1 Å². The molecule has 0 aliphatic carbocycles. The van der Waals surface area contributed by atoms with Gasteiger partial charge in [0.15, 0.2) is 5.78 Å². The van der Waals surface area contributed by atoms with Crippen molar-refractivity contribution in [1.82, 2.24) is 0 Å². The SMILES string of the molecule is CC.COc1ccc(C(=O)c2ccccc2)c(O)c1. The zero-order valence-corrected chi connectivity index (χ0v) is 11.4. The minimum atomic E-state index is -0.203. The van der Waals surface area contributed by atoms with Crippen LogP contribution in [-0.4, -0.2) is 18.0 Å². The molecule has 0 unspecified atom stereocenters. The van der Waals surface area contributed by atoms with E-state index in [2.05, 4.69) is 0 Å². The van der Waals surface area contributed by atoms with E-state index in [0.717, 1.165) is 0 Å². The first kappa shape index (κ1) is 14.8. The van der Waals surface area contributed by atoms with Crippen molar-refractivity contribution in [3.63, 3.8) is 0 Å². The van der Waals surface area contributed by atoms with Gasteiger partial charge in [0.1, 0.15) is 11.5 Å². The Kier molecular flexibility index (Phi) is 5.61. The van der Waals surface area contributed by atoms with Crippen LogP contribution in [0.25, 0.3) is 0 Å². The van der Waals surface area contributed by atoms with Gasteiger partial charge in [-0.3, -0.25) is 4.79 Å². The third kappa shape index (κ3) is 3.58. The quantitative estimate of drug-likeness (QED) is 0.855. The Morgan fingerprint density at radius 1 is 1.05 bits per heavy atom. The molecule has 0 amide bonds. The number of phenolic OH excluding ortho intramolecular Hbond substituents is 1. The van der Waals surface area contributed by atoms with Gasteiger partial charge in [0, 0.05) is 11.6 Å². The lowest BCUT2D eigenvalue weighted by atomic mass is 10.0. The lowest BCUT2D eigenvalue weighted by Crippen LogP contribution is -2.01. The normalized spacial score (nSPS) is 9.21. The molecular weight excluding hydrogens is 240 g/mol. The van der Waals surface area contributed by atoms with Crippen LogP contribution in [0.3, 0.4) is 0 Å². The molecule has 0 fully saturated rings. The van der Waals surface area contributed by atoms with Crippen LogP contribution in [0.15, 0.2) is 48.5 Å². The minimum absolute atomic E-state index is 0.0711. The first-order chi connectivity index (χ1) is 9.22. The summed E-state index contributed by atoms with van der Waals surface area (Å²) in [5.41, 5.74) is 0.824. The number of carbonyl (C=O) groups is 1. The first-order valence-electron chi connectivity index (χ1n) is 6.19. The average molecular weight is 258 g/mol. The van der Waals surface area contributed by atoms with Crippen molar-refractivity contribution in [3.8, 4) is 11.5 Å². The molecule has 0 saturated heterocycles. The number of aromatic hydroxyl groups is 1. The van der Waals surface area contributed by atoms with Crippen molar-refractivity contribution < 1.29 is 14.6 Å². The summed E-state index contributed by atoms with van der Waals surface area (Å²) in [7, 11) is 1.51. The van der Waals surface area contributed by atoms with E-state index in [4.69, 9.17) is 4.74 Å². The summed E-state index contributed by atoms with van der Waals surface area (Å²) in [5.74, 6) is 0.246. The third-order valence-electron chi connectivity index (χ3n) is 2.49. The first-order valence-corrected chi connectivity index (χ1v) is 6.19. The van der Waals surface area contributed by atoms with Crippen LogP contribution in [0, 0.1) is 0 Å². The van der Waals surface area contributed by atoms with E-state index in [1.54, 1.807) is 36.4 Å². The highest BCUT2D eigenvalue weighted by Gasteiger charge is 2.13. The fraction of sp³-hybridized carbons (Fsp3) is 0.188. The molecule has 0 radical (unpaired) electrons. The Bertz CT molecular complexity index is 533. The van der Waals surface area contributed by atoms with Gasteiger partial charge in [0.2, 0.25) is 0 Å². The number of methoxy groups -OCH3 is 1. The number of hydrogen-bond acceptors (Lipinski definition) is 3. The molecule has 0 aliphatic rings. The lowest BCUT2D eigenvalue weighted by molar-refractivity contribution is 0.103. The van der Waals surface area contributed by atoms with E-state index >= 15 is 0 Å². The summed E-state index contributed by atoms with van der Waals surface area (Å²) in [5, 5.41) is 9.75. The molecule has 100 valence electrons. The maximum Gasteiger partial charge on any atom is 0.196 e. The zero-order chi connectivity index (χ0) is 14.3. The molecule has 3 heteroatoms. The van der Waals surface area contributed by atoms with Gasteiger partial charge < -0.3 is 9.84 Å². The Morgan fingerprint density at radius 2 is 1.68 bits per heavy atom. The Labute approximate surface area is 113 Å². The maximum atomic E-state index is 12.1. The number of benzene rings is 2. The third-order valence-corrected chi connectivity index (χ3v) is 2.49. The van der Waals surface area contributed by atoms with Crippen LogP contribution < -0.4 is 4.74 Å². The second-order valence-corrected chi connectivity index (χ2v) is 3.58. The molecule has 0 spiro atoms. The number of ether oxygens (including phenoxy) is 1. The van der Waals surface area contributed by atoms with Crippen molar-refractivity contribution in [2.24, 2.45) is 0 Å². The summed E-state index contributed by atoms with van der Waals surface area (Å²) in [4.78, 5) is 12.1. The standard InChI is InChI=1S/C14H12O3.C2H6/c1-17-11-7-8-12(13(15)9-11)14(16)10-5-3-2-4-6-10;1-2/h2-9,15H,1H3;1-2H3. The Balaban J connectivity index is 0.000000861. The van der Waals surface area contributed by atoms with E-state index in [9.17, 15) is 9.90 Å². The number of carbonyl (C=O) groups excluding carboxylic acids is 1. The fourth-order valence-corrected chi connectivity index (χ4v) is 1.58. The van der Waals surface area contributed by atoms with Gasteiger partial charge in [0.25, 0.3) is 0 Å². The summed E-state index contributed by atoms with van der Waals surface area (Å²) in [6.45, 7) is 4.00. The topological polar surface area (TPSA) is 46.5 Å². The van der Waals surface area contributed by atoms with Gasteiger partial charge in [-0.05, 0) is 12.1 Å². The molecule has 1 N–H and O–H groups in total. The lowest BCUT2D eigenvalue weighted by Gasteiger charge is -2.06. The highest BCUT2D eigenvalue weighted by Crippen LogP contribution is 2.25. The summed E-state index contributed by atoms with van der Waals surface area (Å²) >= 11 is 0. The molecule has 19 heavy (non-hydrogen) atoms. The van der Waals surface area contributed by atoms with Crippen LogP contribution in [0.5, 0.6) is 11.5 Å². The van der Waals surface area contributed by atoms with Crippen LogP contribution >= 0.6 is 0 Å². The van der Waals surface area contributed by atoms with Crippen LogP contribution in [-0.2, 0) is 0 Å². The van der Waals surface area contributed by atoms with Crippen molar-refractivity contribution in [2.75, 3.05) is 7.11 Å². The molecule has 0 atom stereocenters. The molecule has 0 bridgehead atoms. The van der Waals surface area contributed by atoms with E-state index < -0.39 is 0 Å². The molecule has 0 heterocycles. The molecule has 0 aromatic heterocycles. The van der Waals surface area contributed by atoms with E-state index in [1.807, 2.05) is 19.9 Å². The highest BCUT2D eigenvalue weighted by atomic mass is 16.5. The second kappa shape index (κ2) is 7.21. The van der Waals surface area contributed by atoms with Crippen LogP contribution in [0.2, 0.25) is 0 Å². The van der Waals surface area contributed by atoms with Gasteiger partial charge >= 0.3 is 0 Å². The average Bonchev–Trinajstić information content (AvgIpc) is 2.49. The summed E-state index contributed by atoms with van der Waals surface area (Å²) < 4.78 is 4.96. The number of phenols is 1. The number of rotatable bonds is 3. The van der Waals surface area contributed by atoms with Crippen molar-refractivity contribution in [2.45, 2.75) is 13.8 Å². The second-order valence-electron chi connectivity index (χ2n) is 3.58. The molecule has 2 aromatic carbocycles. The van der Waals surface area contributed by atoms with Gasteiger partial charge in [-0.1, -0.05) is 44.2 Å². The Hall–Kier alpha value is -2.29. The van der Waals surface area contributed by atoms with Gasteiger partial charge in [-0.2, -0.15) is 0 Å². The zero-order valence-electron chi connectivity index (χ0n) is 11.4. The van der Waals surface area contributed by atoms with Crippen LogP contribution in [0.4, 0.5) is 0 Å². The molecule has 0 aliphatic heterocycles. The van der Waals surface area contributed by atoms with Gasteiger partial charge in [-0.15, -0.1) is 0 Å². The maximum absolute atomic E-state index is 12.1. The predicted octanol–water partition coefficient (Wildman–Crippen LogP) is 3.66.